The Labute approximate surface area is 154 Å². The average molecular weight is 371 g/mol. The zero-order valence-corrected chi connectivity index (χ0v) is 15.5. The first kappa shape index (κ1) is 16.5. The molecule has 0 aliphatic carbocycles. The van der Waals surface area contributed by atoms with Crippen molar-refractivity contribution in [1.82, 2.24) is 14.9 Å². The first-order chi connectivity index (χ1) is 12.1. The Morgan fingerprint density at radius 2 is 2.12 bits per heavy atom. The highest BCUT2D eigenvalue weighted by Crippen LogP contribution is 2.37. The van der Waals surface area contributed by atoms with Gasteiger partial charge in [0.1, 0.15) is 10.6 Å². The van der Waals surface area contributed by atoms with Crippen molar-refractivity contribution in [2.45, 2.75) is 18.1 Å². The van der Waals surface area contributed by atoms with Gasteiger partial charge in [0.15, 0.2) is 10.9 Å². The number of carbonyl (C=O) groups excluding carboxylic acids is 1. The van der Waals surface area contributed by atoms with Crippen LogP contribution in [0.4, 0.5) is 5.82 Å². The number of thioether (sulfide) groups is 1. The molecule has 7 heteroatoms. The fourth-order valence-corrected chi connectivity index (χ4v) is 5.14. The number of nitrogen functional groups attached to an aromatic ring is 1. The van der Waals surface area contributed by atoms with Gasteiger partial charge in [-0.05, 0) is 19.0 Å². The minimum Gasteiger partial charge on any atom is -0.383 e. The second-order valence-electron chi connectivity index (χ2n) is 6.14. The van der Waals surface area contributed by atoms with Crippen molar-refractivity contribution in [3.05, 3.63) is 46.3 Å². The molecule has 1 aliphatic heterocycles. The standard InChI is InChI=1S/C18H18N4OS2/c1-22-8-7-12-14(9-22)25-17-15(12)16(19)20-18(21-17)24-10-13(23)11-5-3-2-4-6-11/h2-6H,7-10H2,1H3,(H2,19,20,21). The second kappa shape index (κ2) is 6.74. The van der Waals surface area contributed by atoms with E-state index >= 15 is 0 Å². The van der Waals surface area contributed by atoms with Crippen LogP contribution in [-0.4, -0.2) is 40.0 Å². The fraction of sp³-hybridized carbons (Fsp3) is 0.278. The van der Waals surface area contributed by atoms with E-state index in [0.717, 1.165) is 29.7 Å². The highest BCUT2D eigenvalue weighted by Gasteiger charge is 2.22. The number of fused-ring (bicyclic) bond motifs is 3. The third kappa shape index (κ3) is 3.27. The van der Waals surface area contributed by atoms with Crippen molar-refractivity contribution < 1.29 is 4.79 Å². The molecule has 25 heavy (non-hydrogen) atoms. The first-order valence-corrected chi connectivity index (χ1v) is 9.89. The topological polar surface area (TPSA) is 72.1 Å². The summed E-state index contributed by atoms with van der Waals surface area (Å²) >= 11 is 3.03. The molecule has 0 amide bonds. The Hall–Kier alpha value is -1.96. The molecular formula is C18H18N4OS2. The molecule has 0 bridgehead atoms. The van der Waals surface area contributed by atoms with E-state index in [2.05, 4.69) is 21.9 Å². The van der Waals surface area contributed by atoms with E-state index in [1.165, 1.54) is 22.2 Å². The SMILES string of the molecule is CN1CCc2c(sc3nc(SCC(=O)c4ccccc4)nc(N)c23)C1. The lowest BCUT2D eigenvalue weighted by Crippen LogP contribution is -2.25. The van der Waals surface area contributed by atoms with Gasteiger partial charge in [-0.15, -0.1) is 11.3 Å². The predicted octanol–water partition coefficient (Wildman–Crippen LogP) is 3.24. The van der Waals surface area contributed by atoms with Gasteiger partial charge in [0.25, 0.3) is 0 Å². The zero-order chi connectivity index (χ0) is 17.4. The van der Waals surface area contributed by atoms with E-state index in [1.807, 2.05) is 30.3 Å². The van der Waals surface area contributed by atoms with Crippen molar-refractivity contribution in [3.63, 3.8) is 0 Å². The fourth-order valence-electron chi connectivity index (χ4n) is 3.03. The van der Waals surface area contributed by atoms with E-state index in [1.54, 1.807) is 11.3 Å². The molecule has 1 aliphatic rings. The number of Topliss-reactive ketones (excluding diaryl/α,β-unsaturated/α-hetero) is 1. The van der Waals surface area contributed by atoms with E-state index in [4.69, 9.17) is 5.73 Å². The van der Waals surface area contributed by atoms with Gasteiger partial charge in [-0.1, -0.05) is 42.1 Å². The lowest BCUT2D eigenvalue weighted by molar-refractivity contribution is 0.102. The molecule has 0 unspecified atom stereocenters. The van der Waals surface area contributed by atoms with Crippen LogP contribution in [0.1, 0.15) is 20.8 Å². The summed E-state index contributed by atoms with van der Waals surface area (Å²) in [5.74, 6) is 0.907. The third-order valence-corrected chi connectivity index (χ3v) is 6.28. The molecule has 0 saturated carbocycles. The van der Waals surface area contributed by atoms with E-state index in [0.29, 0.717) is 22.3 Å². The number of hydrogen-bond donors (Lipinski definition) is 1. The normalized spacial score (nSPS) is 14.6. The molecule has 0 radical (unpaired) electrons. The number of rotatable bonds is 4. The number of nitrogens with zero attached hydrogens (tertiary/aromatic N) is 3. The van der Waals surface area contributed by atoms with Crippen LogP contribution in [-0.2, 0) is 13.0 Å². The summed E-state index contributed by atoms with van der Waals surface area (Å²) in [6.45, 7) is 1.96. The molecule has 0 saturated heterocycles. The van der Waals surface area contributed by atoms with Gasteiger partial charge in [0.05, 0.1) is 11.1 Å². The molecular weight excluding hydrogens is 352 g/mol. The van der Waals surface area contributed by atoms with Gasteiger partial charge in [-0.2, -0.15) is 0 Å². The Morgan fingerprint density at radius 3 is 2.92 bits per heavy atom. The van der Waals surface area contributed by atoms with Crippen LogP contribution in [0, 0.1) is 0 Å². The second-order valence-corrected chi connectivity index (χ2v) is 8.17. The molecule has 0 fully saturated rings. The van der Waals surface area contributed by atoms with Crippen LogP contribution >= 0.6 is 23.1 Å². The molecule has 4 rings (SSSR count). The van der Waals surface area contributed by atoms with Crippen molar-refractivity contribution in [2.75, 3.05) is 25.1 Å². The number of anilines is 1. The van der Waals surface area contributed by atoms with Gasteiger partial charge in [0.2, 0.25) is 0 Å². The summed E-state index contributed by atoms with van der Waals surface area (Å²) in [7, 11) is 2.12. The largest absolute Gasteiger partial charge is 0.383 e. The number of benzene rings is 1. The Balaban J connectivity index is 1.58. The summed E-state index contributed by atoms with van der Waals surface area (Å²) in [4.78, 5) is 25.9. The molecule has 0 spiro atoms. The van der Waals surface area contributed by atoms with E-state index in [-0.39, 0.29) is 5.78 Å². The summed E-state index contributed by atoms with van der Waals surface area (Å²) < 4.78 is 0. The molecule has 2 aromatic heterocycles. The van der Waals surface area contributed by atoms with Crippen molar-refractivity contribution in [2.24, 2.45) is 0 Å². The summed E-state index contributed by atoms with van der Waals surface area (Å²) in [6.07, 6.45) is 0.984. The average Bonchev–Trinajstić information content (AvgIpc) is 2.98. The minimum absolute atomic E-state index is 0.0694. The monoisotopic (exact) mass is 370 g/mol. The highest BCUT2D eigenvalue weighted by molar-refractivity contribution is 7.99. The third-order valence-electron chi connectivity index (χ3n) is 4.33. The Morgan fingerprint density at radius 1 is 1.32 bits per heavy atom. The van der Waals surface area contributed by atoms with E-state index in [9.17, 15) is 4.79 Å². The van der Waals surface area contributed by atoms with Crippen LogP contribution in [0.5, 0.6) is 0 Å². The van der Waals surface area contributed by atoms with Crippen LogP contribution in [0.2, 0.25) is 0 Å². The minimum atomic E-state index is 0.0694. The summed E-state index contributed by atoms with van der Waals surface area (Å²) in [5.41, 5.74) is 8.23. The van der Waals surface area contributed by atoms with E-state index < -0.39 is 0 Å². The maximum Gasteiger partial charge on any atom is 0.191 e. The number of ketones is 1. The molecule has 3 heterocycles. The lowest BCUT2D eigenvalue weighted by atomic mass is 10.1. The lowest BCUT2D eigenvalue weighted by Gasteiger charge is -2.22. The number of thiophene rings is 1. The number of carbonyl (C=O) groups is 1. The molecule has 3 aromatic rings. The smallest absolute Gasteiger partial charge is 0.191 e. The molecule has 2 N–H and O–H groups in total. The molecule has 128 valence electrons. The van der Waals surface area contributed by atoms with Gasteiger partial charge >= 0.3 is 0 Å². The van der Waals surface area contributed by atoms with Gasteiger partial charge in [-0.25, -0.2) is 9.97 Å². The maximum atomic E-state index is 12.3. The summed E-state index contributed by atoms with van der Waals surface area (Å²) in [5, 5.41) is 1.58. The van der Waals surface area contributed by atoms with Crippen molar-refractivity contribution in [3.8, 4) is 0 Å². The number of nitrogens with two attached hydrogens (primary N) is 1. The summed E-state index contributed by atoms with van der Waals surface area (Å²) in [6, 6.07) is 9.28. The van der Waals surface area contributed by atoms with Crippen molar-refractivity contribution >= 4 is 44.9 Å². The molecule has 1 aromatic carbocycles. The van der Waals surface area contributed by atoms with Gasteiger partial charge in [-0.3, -0.25) is 4.79 Å². The van der Waals surface area contributed by atoms with Gasteiger partial charge in [0, 0.05) is 23.5 Å². The quantitative estimate of drug-likeness (QED) is 0.432. The van der Waals surface area contributed by atoms with Crippen LogP contribution in [0.25, 0.3) is 10.2 Å². The highest BCUT2D eigenvalue weighted by atomic mass is 32.2. The molecule has 0 atom stereocenters. The van der Waals surface area contributed by atoms with Crippen LogP contribution in [0.15, 0.2) is 35.5 Å². The Kier molecular flexibility index (Phi) is 4.45. The van der Waals surface area contributed by atoms with Crippen LogP contribution < -0.4 is 5.73 Å². The Bertz CT molecular complexity index is 939. The van der Waals surface area contributed by atoms with Crippen LogP contribution in [0.3, 0.4) is 0 Å². The number of likely N-dealkylation sites (N-methyl/N-ethyl adjacent to an activating group) is 1. The molecule has 5 nitrogen and oxygen atoms in total. The number of aromatic nitrogens is 2. The van der Waals surface area contributed by atoms with Gasteiger partial charge < -0.3 is 10.6 Å². The number of hydrogen-bond acceptors (Lipinski definition) is 7. The first-order valence-electron chi connectivity index (χ1n) is 8.09. The zero-order valence-electron chi connectivity index (χ0n) is 13.9. The van der Waals surface area contributed by atoms with Crippen molar-refractivity contribution in [1.29, 1.82) is 0 Å². The predicted molar refractivity (Wildman–Crippen MR) is 103 cm³/mol. The maximum absolute atomic E-state index is 12.3.